The van der Waals surface area contributed by atoms with E-state index >= 15 is 0 Å². The van der Waals surface area contributed by atoms with Gasteiger partial charge >= 0.3 is 0 Å². The number of aryl methyl sites for hydroxylation is 1. The maximum atomic E-state index is 12.7. The number of hydrogen-bond acceptors (Lipinski definition) is 4. The third kappa shape index (κ3) is 5.83. The van der Waals surface area contributed by atoms with Crippen molar-refractivity contribution >= 4 is 5.91 Å². The van der Waals surface area contributed by atoms with Crippen LogP contribution in [-0.2, 0) is 19.0 Å². The highest BCUT2D eigenvalue weighted by atomic mass is 16.5. The molecule has 0 radical (unpaired) electrons. The largest absolute Gasteiger partial charge is 0.492 e. The van der Waals surface area contributed by atoms with Crippen LogP contribution in [0, 0.1) is 0 Å². The molecule has 2 rings (SSSR count). The molecule has 0 saturated carbocycles. The minimum atomic E-state index is -0.136. The summed E-state index contributed by atoms with van der Waals surface area (Å²) < 4.78 is 7.61. The fourth-order valence-corrected chi connectivity index (χ4v) is 2.93. The minimum absolute atomic E-state index is 0.0956. The summed E-state index contributed by atoms with van der Waals surface area (Å²) in [7, 11) is 1.80. The molecule has 0 aliphatic carbocycles. The summed E-state index contributed by atoms with van der Waals surface area (Å²) in [5.41, 5.74) is 2.33. The molecule has 28 heavy (non-hydrogen) atoms. The highest BCUT2D eigenvalue weighted by Gasteiger charge is 2.21. The van der Waals surface area contributed by atoms with Gasteiger partial charge in [-0.15, -0.1) is 0 Å². The van der Waals surface area contributed by atoms with Gasteiger partial charge in [-0.1, -0.05) is 52.8 Å². The van der Waals surface area contributed by atoms with E-state index in [1.807, 2.05) is 30.3 Å². The van der Waals surface area contributed by atoms with Gasteiger partial charge in [0.05, 0.1) is 5.69 Å². The van der Waals surface area contributed by atoms with Crippen molar-refractivity contribution < 1.29 is 9.53 Å². The Hall–Kier alpha value is -2.34. The van der Waals surface area contributed by atoms with Crippen LogP contribution in [0.1, 0.15) is 56.4 Å². The number of carbonyl (C=O) groups excluding carboxylic acids is 1. The first kappa shape index (κ1) is 22.0. The molecule has 6 heteroatoms. The average molecular weight is 387 g/mol. The summed E-state index contributed by atoms with van der Waals surface area (Å²) >= 11 is 0. The molecule has 0 bridgehead atoms. The van der Waals surface area contributed by atoms with Gasteiger partial charge in [0.2, 0.25) is 0 Å². The molecule has 0 saturated heterocycles. The van der Waals surface area contributed by atoms with Crippen LogP contribution in [0.3, 0.4) is 0 Å². The number of carbonyl (C=O) groups is 1. The minimum Gasteiger partial charge on any atom is -0.492 e. The predicted octanol–water partition coefficient (Wildman–Crippen LogP) is 3.37. The predicted molar refractivity (Wildman–Crippen MR) is 113 cm³/mol. The van der Waals surface area contributed by atoms with Crippen molar-refractivity contribution in [2.75, 3.05) is 26.2 Å². The molecule has 0 aliphatic heterocycles. The Kier molecular flexibility index (Phi) is 7.63. The summed E-state index contributed by atoms with van der Waals surface area (Å²) in [6, 6.07) is 9.71. The fourth-order valence-electron chi connectivity index (χ4n) is 2.93. The Morgan fingerprint density at radius 1 is 1.21 bits per heavy atom. The summed E-state index contributed by atoms with van der Waals surface area (Å²) in [5.74, 6) is 0.679. The second-order valence-electron chi connectivity index (χ2n) is 7.95. The van der Waals surface area contributed by atoms with Crippen LogP contribution in [0.2, 0.25) is 0 Å². The van der Waals surface area contributed by atoms with E-state index in [1.165, 1.54) is 0 Å². The van der Waals surface area contributed by atoms with E-state index in [1.54, 1.807) is 11.7 Å². The number of nitrogens with one attached hydrogen (secondary N) is 1. The Labute approximate surface area is 168 Å². The van der Waals surface area contributed by atoms with Gasteiger partial charge in [0.15, 0.2) is 0 Å². The molecular weight excluding hydrogens is 352 g/mol. The second kappa shape index (κ2) is 9.73. The molecule has 6 nitrogen and oxygen atoms in total. The monoisotopic (exact) mass is 386 g/mol. The first-order valence-corrected chi connectivity index (χ1v) is 10.0. The molecule has 1 amide bonds. The smallest absolute Gasteiger partial charge is 0.269 e. The third-order valence-electron chi connectivity index (χ3n) is 4.85. The lowest BCUT2D eigenvalue weighted by atomic mass is 9.92. The quantitative estimate of drug-likeness (QED) is 0.718. The van der Waals surface area contributed by atoms with Crippen molar-refractivity contribution in [2.45, 2.75) is 46.6 Å². The van der Waals surface area contributed by atoms with Crippen LogP contribution in [0.25, 0.3) is 0 Å². The second-order valence-corrected chi connectivity index (χ2v) is 7.95. The number of hydrogen-bond donors (Lipinski definition) is 1. The molecule has 0 unspecified atom stereocenters. The third-order valence-corrected chi connectivity index (χ3v) is 4.85. The van der Waals surface area contributed by atoms with Crippen LogP contribution in [0.4, 0.5) is 0 Å². The van der Waals surface area contributed by atoms with E-state index < -0.39 is 0 Å². The SMILES string of the molecule is CCN(CC)CCOc1ccccc1CNC(=O)c1cc(C(C)(C)C)nn1C. The standard InChI is InChI=1S/C22H34N4O2/c1-7-26(8-2)13-14-28-19-12-10-9-11-17(19)16-23-21(27)18-15-20(22(3,4)5)24-25(18)6/h9-12,15H,7-8,13-14,16H2,1-6H3,(H,23,27). The number of para-hydroxylation sites is 1. The van der Waals surface area contributed by atoms with Gasteiger partial charge in [0.1, 0.15) is 18.1 Å². The van der Waals surface area contributed by atoms with Crippen molar-refractivity contribution in [2.24, 2.45) is 7.05 Å². The molecule has 0 atom stereocenters. The van der Waals surface area contributed by atoms with E-state index in [2.05, 4.69) is 49.9 Å². The van der Waals surface area contributed by atoms with Crippen LogP contribution in [0.5, 0.6) is 5.75 Å². The topological polar surface area (TPSA) is 59.4 Å². The van der Waals surface area contributed by atoms with Gasteiger partial charge in [0.25, 0.3) is 5.91 Å². The van der Waals surface area contributed by atoms with Crippen molar-refractivity contribution in [1.29, 1.82) is 0 Å². The van der Waals surface area contributed by atoms with E-state index in [0.717, 1.165) is 36.6 Å². The Balaban J connectivity index is 1.99. The molecule has 2 aromatic rings. The zero-order valence-electron chi connectivity index (χ0n) is 18.1. The molecule has 0 spiro atoms. The van der Waals surface area contributed by atoms with E-state index in [4.69, 9.17) is 4.74 Å². The van der Waals surface area contributed by atoms with E-state index in [9.17, 15) is 4.79 Å². The number of amides is 1. The highest BCUT2D eigenvalue weighted by Crippen LogP contribution is 2.22. The molecule has 0 fully saturated rings. The first-order chi connectivity index (χ1) is 13.3. The van der Waals surface area contributed by atoms with E-state index in [0.29, 0.717) is 18.8 Å². The fraction of sp³-hybridized carbons (Fsp3) is 0.545. The Bertz CT molecular complexity index is 773. The molecule has 154 valence electrons. The summed E-state index contributed by atoms with van der Waals surface area (Å²) in [6.45, 7) is 14.5. The lowest BCUT2D eigenvalue weighted by Gasteiger charge is -2.19. The first-order valence-electron chi connectivity index (χ1n) is 10.0. The average Bonchev–Trinajstić information content (AvgIpc) is 3.06. The zero-order valence-corrected chi connectivity index (χ0v) is 18.1. The molecule has 1 N–H and O–H groups in total. The van der Waals surface area contributed by atoms with Gasteiger partial charge in [-0.05, 0) is 25.2 Å². The highest BCUT2D eigenvalue weighted by molar-refractivity contribution is 5.92. The number of ether oxygens (including phenoxy) is 1. The van der Waals surface area contributed by atoms with Gasteiger partial charge in [0, 0.05) is 31.1 Å². The molecule has 0 aliphatic rings. The maximum absolute atomic E-state index is 12.7. The molecule has 1 aromatic carbocycles. The molecule has 1 aromatic heterocycles. The lowest BCUT2D eigenvalue weighted by molar-refractivity contribution is 0.0941. The van der Waals surface area contributed by atoms with Gasteiger partial charge < -0.3 is 15.0 Å². The van der Waals surface area contributed by atoms with Crippen LogP contribution in [0.15, 0.2) is 30.3 Å². The van der Waals surface area contributed by atoms with Crippen molar-refractivity contribution in [1.82, 2.24) is 20.0 Å². The van der Waals surface area contributed by atoms with E-state index in [-0.39, 0.29) is 11.3 Å². The Morgan fingerprint density at radius 2 is 1.89 bits per heavy atom. The van der Waals surface area contributed by atoms with Crippen LogP contribution in [-0.4, -0.2) is 46.8 Å². The number of benzene rings is 1. The maximum Gasteiger partial charge on any atom is 0.269 e. The number of likely N-dealkylation sites (N-methyl/N-ethyl adjacent to an activating group) is 1. The van der Waals surface area contributed by atoms with Gasteiger partial charge in [-0.25, -0.2) is 0 Å². The van der Waals surface area contributed by atoms with Crippen LogP contribution < -0.4 is 10.1 Å². The van der Waals surface area contributed by atoms with Crippen molar-refractivity contribution in [3.05, 3.63) is 47.3 Å². The van der Waals surface area contributed by atoms with Gasteiger partial charge in [-0.2, -0.15) is 5.10 Å². The number of rotatable bonds is 9. The van der Waals surface area contributed by atoms with Crippen molar-refractivity contribution in [3.8, 4) is 5.75 Å². The van der Waals surface area contributed by atoms with Crippen molar-refractivity contribution in [3.63, 3.8) is 0 Å². The number of aromatic nitrogens is 2. The summed E-state index contributed by atoms with van der Waals surface area (Å²) in [4.78, 5) is 15.0. The Morgan fingerprint density at radius 3 is 2.50 bits per heavy atom. The molecule has 1 heterocycles. The summed E-state index contributed by atoms with van der Waals surface area (Å²) in [6.07, 6.45) is 0. The normalized spacial score (nSPS) is 11.7. The zero-order chi connectivity index (χ0) is 20.7. The number of nitrogens with zero attached hydrogens (tertiary/aromatic N) is 3. The lowest BCUT2D eigenvalue weighted by Crippen LogP contribution is -2.28. The molecular formula is C22H34N4O2. The van der Waals surface area contributed by atoms with Gasteiger partial charge in [-0.3, -0.25) is 9.48 Å². The summed E-state index contributed by atoms with van der Waals surface area (Å²) in [5, 5.41) is 7.47. The van der Waals surface area contributed by atoms with Crippen LogP contribution >= 0.6 is 0 Å².